The third kappa shape index (κ3) is 5.18. The summed E-state index contributed by atoms with van der Waals surface area (Å²) in [5.41, 5.74) is 10.0. The molecule has 3 aromatic rings. The van der Waals surface area contributed by atoms with E-state index in [1.165, 1.54) is 87.1 Å². The molecule has 1 aliphatic heterocycles. The van der Waals surface area contributed by atoms with Crippen LogP contribution in [0.15, 0.2) is 139 Å². The Balaban J connectivity index is 0.940. The first-order valence-electron chi connectivity index (χ1n) is 22.7. The van der Waals surface area contributed by atoms with Gasteiger partial charge in [-0.15, -0.1) is 0 Å². The Hall–Kier alpha value is -4.08. The van der Waals surface area contributed by atoms with E-state index < -0.39 is 0 Å². The molecule has 0 N–H and O–H groups in total. The highest BCUT2D eigenvalue weighted by molar-refractivity contribution is 5.86. The average molecular weight is 739 g/mol. The van der Waals surface area contributed by atoms with Crippen molar-refractivity contribution < 1.29 is 4.74 Å². The molecule has 1 spiro atoms. The molecular weight excluding hydrogens is 681 g/mol. The number of para-hydroxylation sites is 1. The molecular formula is C53H58N2O. The number of aromatic nitrogens is 1. The maximum Gasteiger partial charge on any atom is 0.0856 e. The van der Waals surface area contributed by atoms with E-state index in [0.717, 1.165) is 30.6 Å². The minimum Gasteiger partial charge on any atom is -0.365 e. The zero-order chi connectivity index (χ0) is 36.8. The number of hydrogen-bond acceptors (Lipinski definition) is 2. The molecule has 0 bridgehead atoms. The number of hydrogen-bond donors (Lipinski definition) is 0. The highest BCUT2D eigenvalue weighted by atomic mass is 16.5. The Bertz CT molecular complexity index is 2220. The first-order chi connectivity index (χ1) is 27.7. The Labute approximate surface area is 334 Å². The van der Waals surface area contributed by atoms with Crippen molar-refractivity contribution in [1.29, 1.82) is 0 Å². The van der Waals surface area contributed by atoms with Crippen LogP contribution in [0.5, 0.6) is 0 Å². The zero-order valence-corrected chi connectivity index (χ0v) is 33.0. The molecule has 8 aliphatic carbocycles. The lowest BCUT2D eigenvalue weighted by atomic mass is 9.68. The van der Waals surface area contributed by atoms with E-state index in [1.807, 2.05) is 5.57 Å². The maximum absolute atomic E-state index is 6.83. The number of allylic oxidation sites excluding steroid dienone is 9. The first kappa shape index (κ1) is 34.0. The summed E-state index contributed by atoms with van der Waals surface area (Å²) in [5.74, 6) is 3.67. The van der Waals surface area contributed by atoms with Gasteiger partial charge in [-0.2, -0.15) is 0 Å². The fourth-order valence-corrected chi connectivity index (χ4v) is 14.4. The normalized spacial score (nSPS) is 37.2. The third-order valence-electron chi connectivity index (χ3n) is 16.6. The first-order valence-corrected chi connectivity index (χ1v) is 22.7. The number of rotatable bonds is 5. The molecule has 56 heavy (non-hydrogen) atoms. The summed E-state index contributed by atoms with van der Waals surface area (Å²) < 4.78 is 9.61. The van der Waals surface area contributed by atoms with Crippen LogP contribution in [0, 0.1) is 35.0 Å². The number of benzene rings is 2. The molecule has 3 fully saturated rings. The van der Waals surface area contributed by atoms with Crippen molar-refractivity contribution in [2.24, 2.45) is 35.0 Å². The topological polar surface area (TPSA) is 17.4 Å². The third-order valence-corrected chi connectivity index (χ3v) is 16.6. The van der Waals surface area contributed by atoms with E-state index in [4.69, 9.17) is 4.74 Å². The van der Waals surface area contributed by atoms with Gasteiger partial charge in [-0.1, -0.05) is 134 Å². The van der Waals surface area contributed by atoms with E-state index in [2.05, 4.69) is 137 Å². The van der Waals surface area contributed by atoms with Gasteiger partial charge in [0.25, 0.3) is 0 Å². The lowest BCUT2D eigenvalue weighted by Crippen LogP contribution is -2.49. The van der Waals surface area contributed by atoms with Crippen molar-refractivity contribution in [1.82, 2.24) is 9.47 Å². The van der Waals surface area contributed by atoms with Crippen LogP contribution in [-0.2, 0) is 17.6 Å². The van der Waals surface area contributed by atoms with Crippen LogP contribution >= 0.6 is 0 Å². The molecule has 2 heterocycles. The summed E-state index contributed by atoms with van der Waals surface area (Å²) in [5, 5.41) is 1.49. The van der Waals surface area contributed by atoms with E-state index in [1.54, 1.807) is 17.0 Å². The van der Waals surface area contributed by atoms with Gasteiger partial charge in [0.05, 0.1) is 18.2 Å². The van der Waals surface area contributed by atoms with Gasteiger partial charge in [0.1, 0.15) is 0 Å². The number of fused-ring (bicyclic) bond motifs is 11. The van der Waals surface area contributed by atoms with Crippen LogP contribution in [0.25, 0.3) is 10.9 Å². The van der Waals surface area contributed by atoms with Crippen molar-refractivity contribution in [2.75, 3.05) is 0 Å². The Morgan fingerprint density at radius 3 is 2.48 bits per heavy atom. The molecule has 2 saturated carbocycles. The minimum atomic E-state index is 0.142. The summed E-state index contributed by atoms with van der Waals surface area (Å²) in [7, 11) is 0. The molecule has 3 heteroatoms. The van der Waals surface area contributed by atoms with Gasteiger partial charge in [-0.3, -0.25) is 0 Å². The molecule has 3 nitrogen and oxygen atoms in total. The molecule has 1 aromatic heterocycles. The van der Waals surface area contributed by atoms with Crippen molar-refractivity contribution in [3.05, 3.63) is 156 Å². The highest BCUT2D eigenvalue weighted by Gasteiger charge is 2.58. The molecule has 11 unspecified atom stereocenters. The van der Waals surface area contributed by atoms with Gasteiger partial charge in [-0.05, 0) is 117 Å². The summed E-state index contributed by atoms with van der Waals surface area (Å²) >= 11 is 0. The molecule has 0 amide bonds. The minimum absolute atomic E-state index is 0.142. The highest BCUT2D eigenvalue weighted by Crippen LogP contribution is 2.66. The summed E-state index contributed by atoms with van der Waals surface area (Å²) in [6.07, 6.45) is 46.9. The predicted molar refractivity (Wildman–Crippen MR) is 228 cm³/mol. The lowest BCUT2D eigenvalue weighted by molar-refractivity contribution is 0.0793. The van der Waals surface area contributed by atoms with Gasteiger partial charge in [0.2, 0.25) is 0 Å². The molecule has 1 saturated heterocycles. The molecule has 11 atom stereocenters. The van der Waals surface area contributed by atoms with Crippen molar-refractivity contribution >= 4 is 10.9 Å². The maximum atomic E-state index is 6.83. The fourth-order valence-electron chi connectivity index (χ4n) is 14.4. The van der Waals surface area contributed by atoms with E-state index in [9.17, 15) is 0 Å². The van der Waals surface area contributed by atoms with Crippen LogP contribution in [0.3, 0.4) is 0 Å². The quantitative estimate of drug-likeness (QED) is 0.243. The van der Waals surface area contributed by atoms with Gasteiger partial charge in [-0.25, -0.2) is 0 Å². The van der Waals surface area contributed by atoms with E-state index >= 15 is 0 Å². The van der Waals surface area contributed by atoms with Crippen molar-refractivity contribution in [3.8, 4) is 0 Å². The Kier molecular flexibility index (Phi) is 8.20. The standard InChI is InChI=1S/C53H58N2O/c1-2-13-35(14-3-1)36-23-25-37(26-24-36)55-47-19-8-5-16-42(47)44-33-38(28-30-48(44)55)54(49-20-12-22-51-52(49)43-17-6-9-21-50(43)56-51)39-27-29-41-40-15-4-7-18-45(40)53(46(41)34-39)31-10-11-32-53/h1-6,8-9,12-17,19-23,25,34,36-41,43,45,50-52H,7,10-11,18,24,26-33H2. The summed E-state index contributed by atoms with van der Waals surface area (Å²) in [4.78, 5) is 3.04. The molecule has 0 radical (unpaired) electrons. The Morgan fingerprint density at radius 1 is 0.732 bits per heavy atom. The van der Waals surface area contributed by atoms with E-state index in [-0.39, 0.29) is 12.2 Å². The zero-order valence-electron chi connectivity index (χ0n) is 33.0. The smallest absolute Gasteiger partial charge is 0.0856 e. The van der Waals surface area contributed by atoms with Gasteiger partial charge in [0, 0.05) is 52.1 Å². The predicted octanol–water partition coefficient (Wildman–Crippen LogP) is 11.9. The molecule has 2 aromatic carbocycles. The van der Waals surface area contributed by atoms with Crippen LogP contribution in [0.1, 0.15) is 99.4 Å². The second-order valence-electron chi connectivity index (χ2n) is 19.0. The van der Waals surface area contributed by atoms with Gasteiger partial charge < -0.3 is 14.2 Å². The molecule has 9 aliphatic rings. The second kappa shape index (κ2) is 13.5. The SMILES string of the molecule is C1=CC2OC3C=CC=C(N(C4C=C5C(CC4)C4C=CCCC4C54CCCC4)C4CCc5c(c6ccccc6n5C5C=CC(c6ccccc6)CC5)C4)C3C2C=C1. The van der Waals surface area contributed by atoms with Crippen LogP contribution in [0.4, 0.5) is 0 Å². The summed E-state index contributed by atoms with van der Waals surface area (Å²) in [6, 6.07) is 21.9. The lowest BCUT2D eigenvalue weighted by Gasteiger charge is -2.48. The summed E-state index contributed by atoms with van der Waals surface area (Å²) in [6.45, 7) is 0. The van der Waals surface area contributed by atoms with Gasteiger partial charge in [0.15, 0.2) is 0 Å². The van der Waals surface area contributed by atoms with Crippen LogP contribution < -0.4 is 0 Å². The monoisotopic (exact) mass is 738 g/mol. The fraction of sp³-hybridized carbons (Fsp3) is 0.472. The number of ether oxygens (including phenoxy) is 1. The van der Waals surface area contributed by atoms with Gasteiger partial charge >= 0.3 is 0 Å². The van der Waals surface area contributed by atoms with E-state index in [0.29, 0.717) is 41.3 Å². The van der Waals surface area contributed by atoms with Crippen LogP contribution in [-0.4, -0.2) is 33.8 Å². The second-order valence-corrected chi connectivity index (χ2v) is 19.0. The number of nitrogens with zero attached hydrogens (tertiary/aromatic N) is 2. The largest absolute Gasteiger partial charge is 0.365 e. The Morgan fingerprint density at radius 2 is 1.59 bits per heavy atom. The van der Waals surface area contributed by atoms with Crippen LogP contribution in [0.2, 0.25) is 0 Å². The van der Waals surface area contributed by atoms with Crippen molar-refractivity contribution in [2.45, 2.75) is 120 Å². The average Bonchev–Trinajstić information content (AvgIpc) is 4.04. The van der Waals surface area contributed by atoms with Crippen molar-refractivity contribution in [3.63, 3.8) is 0 Å². The molecule has 12 rings (SSSR count). The molecule has 286 valence electrons.